The fourth-order valence-electron chi connectivity index (χ4n) is 2.60. The first-order valence-electron chi connectivity index (χ1n) is 7.03. The third-order valence-electron chi connectivity index (χ3n) is 3.67. The van der Waals surface area contributed by atoms with E-state index in [4.69, 9.17) is 8.83 Å². The Balaban J connectivity index is 2.08. The summed E-state index contributed by atoms with van der Waals surface area (Å²) in [5.74, 6) is 0.431. The highest BCUT2D eigenvalue weighted by molar-refractivity contribution is 6.00. The van der Waals surface area contributed by atoms with Crippen LogP contribution in [0.5, 0.6) is 0 Å². The standard InChI is InChI=1S/C18H13NO3/c1-10-4-3-5-12(8-10)17-19-15-16(22-17)13-9-11(2)6-7-14(13)21-18(15)20/h3-9H,1-2H3. The van der Waals surface area contributed by atoms with Crippen LogP contribution in [0, 0.1) is 13.8 Å². The number of fused-ring (bicyclic) bond motifs is 3. The van der Waals surface area contributed by atoms with E-state index in [-0.39, 0.29) is 5.52 Å². The van der Waals surface area contributed by atoms with Gasteiger partial charge in [-0.2, -0.15) is 0 Å². The van der Waals surface area contributed by atoms with Gasteiger partial charge < -0.3 is 8.83 Å². The molecule has 0 radical (unpaired) electrons. The van der Waals surface area contributed by atoms with Gasteiger partial charge in [-0.15, -0.1) is 0 Å². The molecule has 4 nitrogen and oxygen atoms in total. The van der Waals surface area contributed by atoms with Crippen molar-refractivity contribution < 1.29 is 8.83 Å². The largest absolute Gasteiger partial charge is 0.435 e. The number of rotatable bonds is 1. The maximum atomic E-state index is 12.1. The molecule has 0 fully saturated rings. The van der Waals surface area contributed by atoms with Gasteiger partial charge in [0, 0.05) is 5.56 Å². The normalized spacial score (nSPS) is 11.4. The lowest BCUT2D eigenvalue weighted by atomic mass is 10.1. The summed E-state index contributed by atoms with van der Waals surface area (Å²) in [6, 6.07) is 13.4. The molecule has 22 heavy (non-hydrogen) atoms. The molecule has 0 atom stereocenters. The molecule has 4 aromatic rings. The summed E-state index contributed by atoms with van der Waals surface area (Å²) >= 11 is 0. The highest BCUT2D eigenvalue weighted by Crippen LogP contribution is 2.29. The minimum atomic E-state index is -0.478. The zero-order valence-electron chi connectivity index (χ0n) is 12.2. The highest BCUT2D eigenvalue weighted by Gasteiger charge is 2.16. The van der Waals surface area contributed by atoms with Crippen LogP contribution >= 0.6 is 0 Å². The monoisotopic (exact) mass is 291 g/mol. The predicted octanol–water partition coefficient (Wildman–Crippen LogP) is 4.22. The Morgan fingerprint density at radius 1 is 0.955 bits per heavy atom. The van der Waals surface area contributed by atoms with Crippen molar-refractivity contribution in [3.05, 3.63) is 64.0 Å². The molecule has 0 spiro atoms. The molecule has 4 rings (SSSR count). The van der Waals surface area contributed by atoms with Gasteiger partial charge in [0.05, 0.1) is 5.39 Å². The number of aryl methyl sites for hydroxylation is 2. The van der Waals surface area contributed by atoms with Crippen molar-refractivity contribution in [2.75, 3.05) is 0 Å². The number of aromatic nitrogens is 1. The summed E-state index contributed by atoms with van der Waals surface area (Å²) in [4.78, 5) is 16.4. The van der Waals surface area contributed by atoms with E-state index in [2.05, 4.69) is 4.98 Å². The fraction of sp³-hybridized carbons (Fsp3) is 0.111. The second-order valence-corrected chi connectivity index (χ2v) is 5.46. The van der Waals surface area contributed by atoms with Crippen molar-refractivity contribution in [2.24, 2.45) is 0 Å². The third kappa shape index (κ3) is 1.92. The second-order valence-electron chi connectivity index (χ2n) is 5.46. The van der Waals surface area contributed by atoms with E-state index in [9.17, 15) is 4.79 Å². The maximum Gasteiger partial charge on any atom is 0.366 e. The zero-order chi connectivity index (χ0) is 15.3. The third-order valence-corrected chi connectivity index (χ3v) is 3.67. The quantitative estimate of drug-likeness (QED) is 0.493. The van der Waals surface area contributed by atoms with Crippen LogP contribution in [-0.4, -0.2) is 4.98 Å². The molecule has 2 heterocycles. The molecule has 0 aliphatic carbocycles. The summed E-state index contributed by atoms with van der Waals surface area (Å²) < 4.78 is 11.2. The molecule has 0 amide bonds. The van der Waals surface area contributed by atoms with Gasteiger partial charge in [0.15, 0.2) is 11.1 Å². The molecule has 0 saturated heterocycles. The topological polar surface area (TPSA) is 56.2 Å². The Bertz CT molecular complexity index is 1070. The Labute approximate surface area is 126 Å². The Hall–Kier alpha value is -2.88. The molecule has 0 aliphatic rings. The molecule has 0 saturated carbocycles. The molecule has 108 valence electrons. The van der Waals surface area contributed by atoms with Crippen LogP contribution in [0.2, 0.25) is 0 Å². The van der Waals surface area contributed by atoms with Crippen LogP contribution in [0.3, 0.4) is 0 Å². The van der Waals surface area contributed by atoms with Crippen molar-refractivity contribution in [1.29, 1.82) is 0 Å². The van der Waals surface area contributed by atoms with Crippen molar-refractivity contribution in [1.82, 2.24) is 4.98 Å². The molecule has 0 bridgehead atoms. The first kappa shape index (κ1) is 12.8. The molecular formula is C18H13NO3. The van der Waals surface area contributed by atoms with Gasteiger partial charge in [-0.1, -0.05) is 29.3 Å². The highest BCUT2D eigenvalue weighted by atomic mass is 16.4. The smallest absolute Gasteiger partial charge is 0.366 e. The van der Waals surface area contributed by atoms with Crippen molar-refractivity contribution in [3.8, 4) is 11.5 Å². The average molecular weight is 291 g/mol. The van der Waals surface area contributed by atoms with E-state index in [1.165, 1.54) is 0 Å². The number of hydrogen-bond donors (Lipinski definition) is 0. The maximum absolute atomic E-state index is 12.1. The van der Waals surface area contributed by atoms with E-state index in [0.29, 0.717) is 17.1 Å². The van der Waals surface area contributed by atoms with Crippen LogP contribution in [0.15, 0.2) is 56.1 Å². The van der Waals surface area contributed by atoms with Crippen LogP contribution in [-0.2, 0) is 0 Å². The summed E-state index contributed by atoms with van der Waals surface area (Å²) in [5.41, 5.74) is 3.75. The number of benzene rings is 2. The summed E-state index contributed by atoms with van der Waals surface area (Å²) in [7, 11) is 0. The molecule has 2 aromatic carbocycles. The van der Waals surface area contributed by atoms with Crippen molar-refractivity contribution in [3.63, 3.8) is 0 Å². The number of oxazole rings is 1. The minimum Gasteiger partial charge on any atom is -0.435 e. The van der Waals surface area contributed by atoms with Crippen LogP contribution in [0.25, 0.3) is 33.5 Å². The molecule has 2 aromatic heterocycles. The van der Waals surface area contributed by atoms with E-state index in [0.717, 1.165) is 22.1 Å². The molecule has 0 aliphatic heterocycles. The number of hydrogen-bond acceptors (Lipinski definition) is 4. The molecule has 0 N–H and O–H groups in total. The van der Waals surface area contributed by atoms with E-state index >= 15 is 0 Å². The lowest BCUT2D eigenvalue weighted by Crippen LogP contribution is -1.99. The lowest BCUT2D eigenvalue weighted by Gasteiger charge is -1.98. The number of nitrogens with zero attached hydrogens (tertiary/aromatic N) is 1. The van der Waals surface area contributed by atoms with Crippen LogP contribution in [0.1, 0.15) is 11.1 Å². The lowest BCUT2D eigenvalue weighted by molar-refractivity contribution is 0.565. The van der Waals surface area contributed by atoms with Gasteiger partial charge in [0.2, 0.25) is 5.89 Å². The Kier molecular flexibility index (Phi) is 2.66. The molecule has 0 unspecified atom stereocenters. The van der Waals surface area contributed by atoms with Crippen LogP contribution in [0.4, 0.5) is 0 Å². The minimum absolute atomic E-state index is 0.231. The van der Waals surface area contributed by atoms with Crippen molar-refractivity contribution >= 4 is 22.1 Å². The zero-order valence-corrected chi connectivity index (χ0v) is 12.2. The molecular weight excluding hydrogens is 278 g/mol. The van der Waals surface area contributed by atoms with Gasteiger partial charge in [-0.05, 0) is 38.1 Å². The van der Waals surface area contributed by atoms with Crippen molar-refractivity contribution in [2.45, 2.75) is 13.8 Å². The van der Waals surface area contributed by atoms with E-state index < -0.39 is 5.63 Å². The molecule has 4 heteroatoms. The predicted molar refractivity (Wildman–Crippen MR) is 85.0 cm³/mol. The fourth-order valence-corrected chi connectivity index (χ4v) is 2.60. The average Bonchev–Trinajstić information content (AvgIpc) is 2.94. The van der Waals surface area contributed by atoms with Gasteiger partial charge in [-0.25, -0.2) is 9.78 Å². The summed E-state index contributed by atoms with van der Waals surface area (Å²) in [6.45, 7) is 3.98. The second kappa shape index (κ2) is 4.56. The SMILES string of the molecule is Cc1cccc(-c2nc3c(=O)oc4ccc(C)cc4c3o2)c1. The van der Waals surface area contributed by atoms with Gasteiger partial charge in [-0.3, -0.25) is 0 Å². The first-order chi connectivity index (χ1) is 10.6. The van der Waals surface area contributed by atoms with Gasteiger partial charge >= 0.3 is 5.63 Å². The van der Waals surface area contributed by atoms with Crippen LogP contribution < -0.4 is 5.63 Å². The van der Waals surface area contributed by atoms with E-state index in [1.807, 2.05) is 50.2 Å². The summed E-state index contributed by atoms with van der Waals surface area (Å²) in [5, 5.41) is 0.765. The summed E-state index contributed by atoms with van der Waals surface area (Å²) in [6.07, 6.45) is 0. The Morgan fingerprint density at radius 3 is 2.59 bits per heavy atom. The first-order valence-corrected chi connectivity index (χ1v) is 7.03. The van der Waals surface area contributed by atoms with Gasteiger partial charge in [0.1, 0.15) is 5.58 Å². The van der Waals surface area contributed by atoms with E-state index in [1.54, 1.807) is 6.07 Å². The Morgan fingerprint density at radius 2 is 1.77 bits per heavy atom. The van der Waals surface area contributed by atoms with Gasteiger partial charge in [0.25, 0.3) is 0 Å².